The van der Waals surface area contributed by atoms with Gasteiger partial charge in [0.1, 0.15) is 6.61 Å². The predicted octanol–water partition coefficient (Wildman–Crippen LogP) is 5.42. The number of ether oxygens (including phenoxy) is 1. The molecular weight excluding hydrogens is 318 g/mol. The average Bonchev–Trinajstić information content (AvgIpc) is 3.06. The zero-order valence-corrected chi connectivity index (χ0v) is 15.0. The molecule has 1 amide bonds. The molecule has 2 aromatic rings. The van der Waals surface area contributed by atoms with Crippen molar-refractivity contribution in [3.8, 4) is 0 Å². The van der Waals surface area contributed by atoms with Gasteiger partial charge in [-0.2, -0.15) is 0 Å². The molecule has 1 N–H and O–H groups in total. The molecule has 0 bridgehead atoms. The summed E-state index contributed by atoms with van der Waals surface area (Å²) in [6.07, 6.45) is 8.29. The van der Waals surface area contributed by atoms with E-state index in [2.05, 4.69) is 35.8 Å². The fourth-order valence-electron chi connectivity index (χ4n) is 2.29. The molecule has 0 aliphatic rings. The number of aryl methyl sites for hydroxylation is 1. The lowest BCUT2D eigenvalue weighted by atomic mass is 10.1. The maximum Gasteiger partial charge on any atom is 0.407 e. The smallest absolute Gasteiger partial charge is 0.407 e. The fraction of sp³-hybridized carbons (Fsp3) is 0.350. The van der Waals surface area contributed by atoms with Gasteiger partial charge in [0.15, 0.2) is 0 Å². The van der Waals surface area contributed by atoms with Gasteiger partial charge in [-0.05, 0) is 47.9 Å². The van der Waals surface area contributed by atoms with E-state index in [9.17, 15) is 4.79 Å². The average molecular weight is 343 g/mol. The second-order valence-electron chi connectivity index (χ2n) is 5.59. The highest BCUT2D eigenvalue weighted by molar-refractivity contribution is 7.11. The van der Waals surface area contributed by atoms with Gasteiger partial charge in [-0.3, -0.25) is 0 Å². The molecule has 4 heteroatoms. The van der Waals surface area contributed by atoms with Crippen LogP contribution in [-0.2, 0) is 17.8 Å². The highest BCUT2D eigenvalue weighted by atomic mass is 32.1. The van der Waals surface area contributed by atoms with E-state index in [-0.39, 0.29) is 6.09 Å². The van der Waals surface area contributed by atoms with Crippen LogP contribution in [0.5, 0.6) is 0 Å². The van der Waals surface area contributed by atoms with Crippen molar-refractivity contribution in [1.82, 2.24) is 5.32 Å². The molecule has 0 fully saturated rings. The van der Waals surface area contributed by atoms with Gasteiger partial charge in [0.2, 0.25) is 0 Å². The van der Waals surface area contributed by atoms with Gasteiger partial charge < -0.3 is 10.1 Å². The third kappa shape index (κ3) is 6.59. The second kappa shape index (κ2) is 10.7. The van der Waals surface area contributed by atoms with Gasteiger partial charge in [0, 0.05) is 11.4 Å². The van der Waals surface area contributed by atoms with Crippen molar-refractivity contribution in [1.29, 1.82) is 0 Å². The molecule has 1 heterocycles. The standard InChI is InChI=1S/C20H25NO2S/c1-2-3-11-18-13-15-24-19(18)12-7-8-14-21-20(22)23-16-17-9-5-4-6-10-17/h4-7,9-10,12-13,15H,2-3,8,11,14,16H2,1H3,(H,21,22). The summed E-state index contributed by atoms with van der Waals surface area (Å²) in [5.74, 6) is 0. The summed E-state index contributed by atoms with van der Waals surface area (Å²) in [5.41, 5.74) is 2.41. The van der Waals surface area contributed by atoms with Crippen LogP contribution < -0.4 is 5.32 Å². The molecule has 24 heavy (non-hydrogen) atoms. The quantitative estimate of drug-likeness (QED) is 0.617. The van der Waals surface area contributed by atoms with Crippen molar-refractivity contribution in [2.75, 3.05) is 6.54 Å². The Bertz CT molecular complexity index is 634. The number of carbonyl (C=O) groups excluding carboxylic acids is 1. The van der Waals surface area contributed by atoms with Crippen molar-refractivity contribution in [3.63, 3.8) is 0 Å². The SMILES string of the molecule is CCCCc1ccsc1C=CCCNC(=O)OCc1ccccc1. The van der Waals surface area contributed by atoms with Gasteiger partial charge in [-0.15, -0.1) is 11.3 Å². The highest BCUT2D eigenvalue weighted by Gasteiger charge is 2.02. The maximum absolute atomic E-state index is 11.6. The number of benzene rings is 1. The van der Waals surface area contributed by atoms with Crippen molar-refractivity contribution in [2.24, 2.45) is 0 Å². The zero-order chi connectivity index (χ0) is 17.0. The summed E-state index contributed by atoms with van der Waals surface area (Å²) in [7, 11) is 0. The molecule has 0 saturated carbocycles. The molecular formula is C20H25NO2S. The Labute approximate surface area is 148 Å². The van der Waals surface area contributed by atoms with E-state index in [1.807, 2.05) is 30.3 Å². The van der Waals surface area contributed by atoms with Crippen LogP contribution in [-0.4, -0.2) is 12.6 Å². The molecule has 1 aromatic carbocycles. The number of alkyl carbamates (subject to hydrolysis) is 1. The van der Waals surface area contributed by atoms with Gasteiger partial charge in [0.25, 0.3) is 0 Å². The number of amides is 1. The van der Waals surface area contributed by atoms with Gasteiger partial charge in [-0.1, -0.05) is 49.8 Å². The lowest BCUT2D eigenvalue weighted by Crippen LogP contribution is -2.24. The van der Waals surface area contributed by atoms with E-state index in [4.69, 9.17) is 4.74 Å². The second-order valence-corrected chi connectivity index (χ2v) is 6.54. The van der Waals surface area contributed by atoms with Crippen molar-refractivity contribution in [3.05, 3.63) is 63.9 Å². The predicted molar refractivity (Wildman–Crippen MR) is 101 cm³/mol. The van der Waals surface area contributed by atoms with Crippen LogP contribution in [0.3, 0.4) is 0 Å². The Hall–Kier alpha value is -2.07. The Balaban J connectivity index is 1.63. The van der Waals surface area contributed by atoms with Crippen LogP contribution in [0, 0.1) is 0 Å². The van der Waals surface area contributed by atoms with E-state index >= 15 is 0 Å². The molecule has 2 rings (SSSR count). The first-order valence-corrected chi connectivity index (χ1v) is 9.35. The van der Waals surface area contributed by atoms with E-state index < -0.39 is 0 Å². The number of hydrogen-bond donors (Lipinski definition) is 1. The molecule has 0 atom stereocenters. The minimum absolute atomic E-state index is 0.304. The number of rotatable bonds is 9. The van der Waals surface area contributed by atoms with Crippen LogP contribution in [0.15, 0.2) is 47.9 Å². The Kier molecular flexibility index (Phi) is 8.11. The van der Waals surface area contributed by atoms with E-state index in [1.165, 1.54) is 23.3 Å². The van der Waals surface area contributed by atoms with Gasteiger partial charge in [-0.25, -0.2) is 4.79 Å². The number of thiophene rings is 1. The number of unbranched alkanes of at least 4 members (excludes halogenated alkanes) is 1. The maximum atomic E-state index is 11.6. The monoisotopic (exact) mass is 343 g/mol. The highest BCUT2D eigenvalue weighted by Crippen LogP contribution is 2.20. The molecule has 3 nitrogen and oxygen atoms in total. The first-order chi connectivity index (χ1) is 11.8. The van der Waals surface area contributed by atoms with Crippen molar-refractivity contribution < 1.29 is 9.53 Å². The lowest BCUT2D eigenvalue weighted by molar-refractivity contribution is 0.140. The summed E-state index contributed by atoms with van der Waals surface area (Å²) in [4.78, 5) is 13.0. The summed E-state index contributed by atoms with van der Waals surface area (Å²) in [6.45, 7) is 3.10. The zero-order valence-electron chi connectivity index (χ0n) is 14.2. The first kappa shape index (κ1) is 18.3. The molecule has 0 unspecified atom stereocenters. The minimum Gasteiger partial charge on any atom is -0.445 e. The van der Waals surface area contributed by atoms with Crippen molar-refractivity contribution >= 4 is 23.5 Å². The van der Waals surface area contributed by atoms with Gasteiger partial charge >= 0.3 is 6.09 Å². The summed E-state index contributed by atoms with van der Waals surface area (Å²) in [5, 5.41) is 4.92. The van der Waals surface area contributed by atoms with Crippen LogP contribution in [0.4, 0.5) is 4.79 Å². The molecule has 0 aliphatic carbocycles. The largest absolute Gasteiger partial charge is 0.445 e. The molecule has 0 aliphatic heterocycles. The lowest BCUT2D eigenvalue weighted by Gasteiger charge is -2.05. The summed E-state index contributed by atoms with van der Waals surface area (Å²) in [6, 6.07) is 11.9. The van der Waals surface area contributed by atoms with Crippen LogP contribution in [0.1, 0.15) is 42.2 Å². The van der Waals surface area contributed by atoms with E-state index in [0.29, 0.717) is 13.2 Å². The van der Waals surface area contributed by atoms with Gasteiger partial charge in [0.05, 0.1) is 0 Å². The van der Waals surface area contributed by atoms with Crippen molar-refractivity contribution in [2.45, 2.75) is 39.2 Å². The van der Waals surface area contributed by atoms with Crippen LogP contribution in [0.25, 0.3) is 6.08 Å². The van der Waals surface area contributed by atoms with Crippen LogP contribution in [0.2, 0.25) is 0 Å². The topological polar surface area (TPSA) is 38.3 Å². The molecule has 0 radical (unpaired) electrons. The fourth-order valence-corrected chi connectivity index (χ4v) is 3.16. The molecule has 1 aromatic heterocycles. The van der Waals surface area contributed by atoms with E-state index in [1.54, 1.807) is 11.3 Å². The Morgan fingerprint density at radius 3 is 2.88 bits per heavy atom. The molecule has 0 saturated heterocycles. The normalized spacial score (nSPS) is 10.9. The number of hydrogen-bond acceptors (Lipinski definition) is 3. The third-order valence-corrected chi connectivity index (χ3v) is 4.57. The third-order valence-electron chi connectivity index (χ3n) is 3.64. The summed E-state index contributed by atoms with van der Waals surface area (Å²) < 4.78 is 5.17. The number of nitrogens with one attached hydrogen (secondary N) is 1. The number of carbonyl (C=O) groups is 1. The van der Waals surface area contributed by atoms with Crippen LogP contribution >= 0.6 is 11.3 Å². The first-order valence-electron chi connectivity index (χ1n) is 8.47. The summed E-state index contributed by atoms with van der Waals surface area (Å²) >= 11 is 1.77. The molecule has 0 spiro atoms. The van der Waals surface area contributed by atoms with E-state index in [0.717, 1.165) is 18.4 Å². The Morgan fingerprint density at radius 2 is 2.08 bits per heavy atom. The Morgan fingerprint density at radius 1 is 1.25 bits per heavy atom. The molecule has 128 valence electrons. The minimum atomic E-state index is -0.369.